The number of carbonyl (C=O) groups is 1. The van der Waals surface area contributed by atoms with Crippen molar-refractivity contribution in [2.24, 2.45) is 0 Å². The molecule has 0 unspecified atom stereocenters. The molecule has 0 saturated carbocycles. The lowest BCUT2D eigenvalue weighted by Gasteiger charge is -2.08. The van der Waals surface area contributed by atoms with Crippen LogP contribution >= 0.6 is 0 Å². The Bertz CT molecular complexity index is 938. The second-order valence-corrected chi connectivity index (χ2v) is 8.58. The van der Waals surface area contributed by atoms with E-state index in [9.17, 15) is 4.79 Å². The van der Waals surface area contributed by atoms with Crippen molar-refractivity contribution in [3.8, 4) is 16.9 Å². The minimum absolute atomic E-state index is 0.323. The minimum Gasteiger partial charge on any atom is -0.423 e. The van der Waals surface area contributed by atoms with Crippen LogP contribution in [0.3, 0.4) is 0 Å². The van der Waals surface area contributed by atoms with Gasteiger partial charge >= 0.3 is 5.97 Å². The molecule has 0 fully saturated rings. The van der Waals surface area contributed by atoms with E-state index in [2.05, 4.69) is 38.1 Å². The second kappa shape index (κ2) is 12.9. The zero-order valence-corrected chi connectivity index (χ0v) is 19.6. The number of hydrogen-bond acceptors (Lipinski definition) is 2. The van der Waals surface area contributed by atoms with E-state index in [0.29, 0.717) is 11.3 Å². The van der Waals surface area contributed by atoms with Crippen molar-refractivity contribution in [2.75, 3.05) is 0 Å². The fourth-order valence-electron chi connectivity index (χ4n) is 3.87. The molecule has 0 radical (unpaired) electrons. The minimum atomic E-state index is -0.323. The highest BCUT2D eigenvalue weighted by Gasteiger charge is 2.09. The number of esters is 1. The first kappa shape index (κ1) is 23.8. The van der Waals surface area contributed by atoms with Crippen molar-refractivity contribution in [1.82, 2.24) is 0 Å². The van der Waals surface area contributed by atoms with E-state index < -0.39 is 0 Å². The van der Waals surface area contributed by atoms with Gasteiger partial charge in [0.05, 0.1) is 5.56 Å². The van der Waals surface area contributed by atoms with Crippen LogP contribution in [0, 0.1) is 0 Å². The van der Waals surface area contributed by atoms with Gasteiger partial charge in [-0.25, -0.2) is 4.79 Å². The van der Waals surface area contributed by atoms with Crippen LogP contribution in [0.15, 0.2) is 72.8 Å². The third-order valence-electron chi connectivity index (χ3n) is 5.93. The molecule has 168 valence electrons. The molecule has 3 aromatic carbocycles. The van der Waals surface area contributed by atoms with Gasteiger partial charge in [-0.1, -0.05) is 94.5 Å². The Hall–Kier alpha value is -2.87. The zero-order valence-electron chi connectivity index (χ0n) is 19.6. The monoisotopic (exact) mass is 428 g/mol. The summed E-state index contributed by atoms with van der Waals surface area (Å²) >= 11 is 0. The molecular weight excluding hydrogens is 392 g/mol. The van der Waals surface area contributed by atoms with Gasteiger partial charge in [-0.3, -0.25) is 0 Å². The Labute approximate surface area is 193 Å². The first-order valence-electron chi connectivity index (χ1n) is 12.2. The molecule has 3 rings (SSSR count). The SMILES string of the molecule is CCCCCCCc1ccc(-c2ccc(C(=O)Oc3ccc(CCCC)cc3)cc2)cc1. The van der Waals surface area contributed by atoms with Crippen LogP contribution in [0.4, 0.5) is 0 Å². The Kier molecular flexibility index (Phi) is 9.56. The first-order valence-corrected chi connectivity index (χ1v) is 12.2. The summed E-state index contributed by atoms with van der Waals surface area (Å²) in [6.07, 6.45) is 11.1. The topological polar surface area (TPSA) is 26.3 Å². The molecule has 0 aromatic heterocycles. The van der Waals surface area contributed by atoms with Crippen molar-refractivity contribution in [3.63, 3.8) is 0 Å². The molecule has 0 aliphatic rings. The maximum absolute atomic E-state index is 12.5. The lowest BCUT2D eigenvalue weighted by molar-refractivity contribution is 0.0734. The van der Waals surface area contributed by atoms with Crippen molar-refractivity contribution in [2.45, 2.75) is 71.6 Å². The summed E-state index contributed by atoms with van der Waals surface area (Å²) in [6, 6.07) is 24.3. The predicted octanol–water partition coefficient (Wildman–Crippen LogP) is 8.43. The molecular formula is C30H36O2. The van der Waals surface area contributed by atoms with Crippen LogP contribution in [-0.2, 0) is 12.8 Å². The average Bonchev–Trinajstić information content (AvgIpc) is 2.84. The quantitative estimate of drug-likeness (QED) is 0.164. The molecule has 0 bridgehead atoms. The fraction of sp³-hybridized carbons (Fsp3) is 0.367. The molecule has 0 spiro atoms. The van der Waals surface area contributed by atoms with Crippen LogP contribution in [0.2, 0.25) is 0 Å². The summed E-state index contributed by atoms with van der Waals surface area (Å²) in [5.74, 6) is 0.265. The number of unbranched alkanes of at least 4 members (excludes halogenated alkanes) is 5. The van der Waals surface area contributed by atoms with Gasteiger partial charge < -0.3 is 4.74 Å². The summed E-state index contributed by atoms with van der Waals surface area (Å²) in [5, 5.41) is 0. The van der Waals surface area contributed by atoms with Gasteiger partial charge in [0.1, 0.15) is 5.75 Å². The summed E-state index contributed by atoms with van der Waals surface area (Å²) in [6.45, 7) is 4.44. The Balaban J connectivity index is 1.53. The smallest absolute Gasteiger partial charge is 0.343 e. The number of rotatable bonds is 12. The van der Waals surface area contributed by atoms with E-state index in [0.717, 1.165) is 18.4 Å². The van der Waals surface area contributed by atoms with E-state index in [-0.39, 0.29) is 5.97 Å². The maximum atomic E-state index is 12.5. The first-order chi connectivity index (χ1) is 15.7. The summed E-state index contributed by atoms with van der Waals surface area (Å²) in [7, 11) is 0. The van der Waals surface area contributed by atoms with E-state index in [4.69, 9.17) is 4.74 Å². The molecule has 0 aliphatic carbocycles. The molecule has 0 N–H and O–H groups in total. The number of carbonyl (C=O) groups excluding carboxylic acids is 1. The van der Waals surface area contributed by atoms with Crippen molar-refractivity contribution < 1.29 is 9.53 Å². The molecule has 2 nitrogen and oxygen atoms in total. The molecule has 0 atom stereocenters. The van der Waals surface area contributed by atoms with Crippen LogP contribution < -0.4 is 4.74 Å². The highest BCUT2D eigenvalue weighted by atomic mass is 16.5. The Morgan fingerprint density at radius 2 is 1.09 bits per heavy atom. The van der Waals surface area contributed by atoms with Crippen LogP contribution in [0.25, 0.3) is 11.1 Å². The third kappa shape index (κ3) is 7.37. The fourth-order valence-corrected chi connectivity index (χ4v) is 3.87. The van der Waals surface area contributed by atoms with Crippen LogP contribution in [0.5, 0.6) is 5.75 Å². The van der Waals surface area contributed by atoms with Gasteiger partial charge in [0.2, 0.25) is 0 Å². The maximum Gasteiger partial charge on any atom is 0.343 e. The van der Waals surface area contributed by atoms with Crippen LogP contribution in [-0.4, -0.2) is 5.97 Å². The molecule has 0 heterocycles. The summed E-state index contributed by atoms with van der Waals surface area (Å²) in [5.41, 5.74) is 5.51. The average molecular weight is 429 g/mol. The van der Waals surface area contributed by atoms with Gasteiger partial charge in [-0.2, -0.15) is 0 Å². The van der Waals surface area contributed by atoms with E-state index in [1.807, 2.05) is 48.5 Å². The third-order valence-corrected chi connectivity index (χ3v) is 5.93. The molecule has 32 heavy (non-hydrogen) atoms. The highest BCUT2D eigenvalue weighted by molar-refractivity contribution is 5.91. The van der Waals surface area contributed by atoms with Gasteiger partial charge in [0, 0.05) is 0 Å². The largest absolute Gasteiger partial charge is 0.423 e. The molecule has 0 aliphatic heterocycles. The van der Waals surface area contributed by atoms with E-state index in [1.54, 1.807) is 0 Å². The van der Waals surface area contributed by atoms with Crippen LogP contribution in [0.1, 0.15) is 80.3 Å². The van der Waals surface area contributed by atoms with Crippen molar-refractivity contribution in [3.05, 3.63) is 89.5 Å². The van der Waals surface area contributed by atoms with Gasteiger partial charge in [0.15, 0.2) is 0 Å². The number of ether oxygens (including phenoxy) is 1. The summed E-state index contributed by atoms with van der Waals surface area (Å²) < 4.78 is 5.54. The van der Waals surface area contributed by atoms with E-state index >= 15 is 0 Å². The number of benzene rings is 3. The Morgan fingerprint density at radius 3 is 1.69 bits per heavy atom. The lowest BCUT2D eigenvalue weighted by atomic mass is 10.00. The molecule has 3 aromatic rings. The van der Waals surface area contributed by atoms with Crippen molar-refractivity contribution in [1.29, 1.82) is 0 Å². The predicted molar refractivity (Wildman–Crippen MR) is 134 cm³/mol. The van der Waals surface area contributed by atoms with Gasteiger partial charge in [-0.05, 0) is 72.2 Å². The lowest BCUT2D eigenvalue weighted by Crippen LogP contribution is -2.08. The highest BCUT2D eigenvalue weighted by Crippen LogP contribution is 2.22. The molecule has 0 amide bonds. The normalized spacial score (nSPS) is 10.8. The molecule has 2 heteroatoms. The zero-order chi connectivity index (χ0) is 22.6. The van der Waals surface area contributed by atoms with Gasteiger partial charge in [0.25, 0.3) is 0 Å². The molecule has 0 saturated heterocycles. The van der Waals surface area contributed by atoms with Crippen molar-refractivity contribution >= 4 is 5.97 Å². The Morgan fingerprint density at radius 1 is 0.594 bits per heavy atom. The standard InChI is InChI=1S/C30H36O2/c1-3-5-7-8-9-11-25-12-16-26(17-13-25)27-18-20-28(21-19-27)30(31)32-29-22-14-24(15-23-29)10-6-4-2/h12-23H,3-11H2,1-2H3. The number of aryl methyl sites for hydroxylation is 2. The second-order valence-electron chi connectivity index (χ2n) is 8.58. The van der Waals surface area contributed by atoms with E-state index in [1.165, 1.54) is 61.6 Å². The summed E-state index contributed by atoms with van der Waals surface area (Å²) in [4.78, 5) is 12.5. The number of hydrogen-bond donors (Lipinski definition) is 0. The van der Waals surface area contributed by atoms with Gasteiger partial charge in [-0.15, -0.1) is 0 Å².